The van der Waals surface area contributed by atoms with Gasteiger partial charge in [0.25, 0.3) is 0 Å². The Labute approximate surface area is 144 Å². The van der Waals surface area contributed by atoms with Crippen molar-refractivity contribution in [1.29, 1.82) is 0 Å². The molecular formula is C17H15Cl2NO3. The molecule has 0 fully saturated rings. The molecule has 0 heterocycles. The molecule has 0 aliphatic rings. The van der Waals surface area contributed by atoms with Gasteiger partial charge in [0.05, 0.1) is 29.8 Å². The van der Waals surface area contributed by atoms with E-state index in [4.69, 9.17) is 32.7 Å². The number of halogens is 2. The van der Waals surface area contributed by atoms with Crippen LogP contribution in [0.1, 0.15) is 5.56 Å². The fourth-order valence-corrected chi connectivity index (χ4v) is 2.26. The van der Waals surface area contributed by atoms with E-state index in [1.807, 2.05) is 6.07 Å². The van der Waals surface area contributed by atoms with Gasteiger partial charge in [0.2, 0.25) is 5.91 Å². The van der Waals surface area contributed by atoms with E-state index in [-0.39, 0.29) is 5.91 Å². The first-order chi connectivity index (χ1) is 11.0. The number of ether oxygens (including phenoxy) is 2. The van der Waals surface area contributed by atoms with Crippen LogP contribution >= 0.6 is 23.2 Å². The van der Waals surface area contributed by atoms with Crippen LogP contribution in [-0.4, -0.2) is 20.1 Å². The molecule has 0 atom stereocenters. The molecule has 0 saturated carbocycles. The van der Waals surface area contributed by atoms with Crippen LogP contribution in [0.2, 0.25) is 10.0 Å². The number of carbonyl (C=O) groups excluding carboxylic acids is 1. The molecule has 0 bridgehead atoms. The van der Waals surface area contributed by atoms with Crippen molar-refractivity contribution in [3.63, 3.8) is 0 Å². The third kappa shape index (κ3) is 4.41. The molecule has 1 amide bonds. The van der Waals surface area contributed by atoms with Crippen LogP contribution in [-0.2, 0) is 4.79 Å². The minimum absolute atomic E-state index is 0.309. The van der Waals surface area contributed by atoms with Gasteiger partial charge in [-0.3, -0.25) is 4.79 Å². The van der Waals surface area contributed by atoms with Gasteiger partial charge in [-0.2, -0.15) is 0 Å². The van der Waals surface area contributed by atoms with Gasteiger partial charge in [-0.05, 0) is 36.4 Å². The summed E-state index contributed by atoms with van der Waals surface area (Å²) < 4.78 is 10.5. The molecule has 2 aromatic carbocycles. The van der Waals surface area contributed by atoms with Crippen LogP contribution in [0.25, 0.3) is 6.08 Å². The van der Waals surface area contributed by atoms with Crippen molar-refractivity contribution >= 4 is 40.9 Å². The van der Waals surface area contributed by atoms with E-state index in [0.717, 1.165) is 0 Å². The zero-order valence-electron chi connectivity index (χ0n) is 12.6. The number of hydrogen-bond donors (Lipinski definition) is 1. The van der Waals surface area contributed by atoms with Gasteiger partial charge in [0.1, 0.15) is 11.5 Å². The van der Waals surface area contributed by atoms with Gasteiger partial charge < -0.3 is 14.8 Å². The summed E-state index contributed by atoms with van der Waals surface area (Å²) in [4.78, 5) is 12.0. The number of methoxy groups -OCH3 is 2. The summed E-state index contributed by atoms with van der Waals surface area (Å²) in [6.07, 6.45) is 3.02. The topological polar surface area (TPSA) is 47.6 Å². The number of anilines is 1. The highest BCUT2D eigenvalue weighted by atomic mass is 35.5. The van der Waals surface area contributed by atoms with Crippen LogP contribution in [0, 0.1) is 0 Å². The molecule has 0 aliphatic heterocycles. The third-order valence-electron chi connectivity index (χ3n) is 3.05. The summed E-state index contributed by atoms with van der Waals surface area (Å²) in [5.74, 6) is 0.919. The molecule has 0 radical (unpaired) electrons. The van der Waals surface area contributed by atoms with Gasteiger partial charge in [0, 0.05) is 11.8 Å². The zero-order chi connectivity index (χ0) is 16.8. The number of rotatable bonds is 5. The fraction of sp³-hybridized carbons (Fsp3) is 0.118. The monoisotopic (exact) mass is 351 g/mol. The summed E-state index contributed by atoms with van der Waals surface area (Å²) in [5.41, 5.74) is 1.24. The first kappa shape index (κ1) is 17.2. The molecule has 0 aromatic heterocycles. The summed E-state index contributed by atoms with van der Waals surface area (Å²) in [7, 11) is 3.11. The maximum absolute atomic E-state index is 12.0. The first-order valence-corrected chi connectivity index (χ1v) is 7.46. The van der Waals surface area contributed by atoms with E-state index >= 15 is 0 Å². The van der Waals surface area contributed by atoms with Crippen molar-refractivity contribution in [3.8, 4) is 11.5 Å². The molecule has 4 nitrogen and oxygen atoms in total. The Morgan fingerprint density at radius 2 is 1.70 bits per heavy atom. The lowest BCUT2D eigenvalue weighted by atomic mass is 10.1. The van der Waals surface area contributed by atoms with Crippen LogP contribution in [0.5, 0.6) is 11.5 Å². The van der Waals surface area contributed by atoms with Gasteiger partial charge in [-0.1, -0.05) is 29.3 Å². The second-order valence-corrected chi connectivity index (χ2v) is 5.34. The maximum atomic E-state index is 12.0. The second-order valence-electron chi connectivity index (χ2n) is 4.53. The van der Waals surface area contributed by atoms with Crippen LogP contribution in [0.3, 0.4) is 0 Å². The molecular weight excluding hydrogens is 337 g/mol. The third-order valence-corrected chi connectivity index (χ3v) is 3.79. The number of benzene rings is 2. The van der Waals surface area contributed by atoms with Crippen molar-refractivity contribution in [3.05, 3.63) is 58.1 Å². The Morgan fingerprint density at radius 3 is 2.26 bits per heavy atom. The number of nitrogens with one attached hydrogen (secondary N) is 1. The minimum atomic E-state index is -0.309. The lowest BCUT2D eigenvalue weighted by Gasteiger charge is -2.09. The smallest absolute Gasteiger partial charge is 0.248 e. The Balaban J connectivity index is 2.16. The lowest BCUT2D eigenvalue weighted by molar-refractivity contribution is -0.111. The molecule has 0 aliphatic carbocycles. The Kier molecular flexibility index (Phi) is 5.90. The van der Waals surface area contributed by atoms with E-state index in [9.17, 15) is 4.79 Å². The SMILES string of the molecule is COc1cccc(OC)c1C=CC(=O)Nc1ccc(Cl)c(Cl)c1. The summed E-state index contributed by atoms with van der Waals surface area (Å²) >= 11 is 11.8. The highest BCUT2D eigenvalue weighted by Gasteiger charge is 2.07. The van der Waals surface area contributed by atoms with Gasteiger partial charge in [-0.15, -0.1) is 0 Å². The molecule has 2 aromatic rings. The molecule has 1 N–H and O–H groups in total. The largest absolute Gasteiger partial charge is 0.496 e. The molecule has 23 heavy (non-hydrogen) atoms. The number of amides is 1. The van der Waals surface area contributed by atoms with E-state index < -0.39 is 0 Å². The summed E-state index contributed by atoms with van der Waals surface area (Å²) in [5, 5.41) is 3.51. The van der Waals surface area contributed by atoms with Crippen molar-refractivity contribution in [2.75, 3.05) is 19.5 Å². The number of carbonyl (C=O) groups is 1. The van der Waals surface area contributed by atoms with Gasteiger partial charge in [-0.25, -0.2) is 0 Å². The normalized spacial score (nSPS) is 10.6. The minimum Gasteiger partial charge on any atom is -0.496 e. The Bertz CT molecular complexity index is 722. The highest BCUT2D eigenvalue weighted by molar-refractivity contribution is 6.42. The van der Waals surface area contributed by atoms with Crippen LogP contribution in [0.15, 0.2) is 42.5 Å². The summed E-state index contributed by atoms with van der Waals surface area (Å²) in [6.45, 7) is 0. The van der Waals surface area contributed by atoms with Crippen molar-refractivity contribution < 1.29 is 14.3 Å². The van der Waals surface area contributed by atoms with E-state index in [1.54, 1.807) is 50.6 Å². The van der Waals surface area contributed by atoms with E-state index in [2.05, 4.69) is 5.32 Å². The van der Waals surface area contributed by atoms with Crippen molar-refractivity contribution in [2.45, 2.75) is 0 Å². The molecule has 2 rings (SSSR count). The fourth-order valence-electron chi connectivity index (χ4n) is 1.96. The van der Waals surface area contributed by atoms with Crippen LogP contribution < -0.4 is 14.8 Å². The molecule has 0 spiro atoms. The van der Waals surface area contributed by atoms with E-state index in [1.165, 1.54) is 6.08 Å². The molecule has 0 unspecified atom stereocenters. The predicted octanol–water partition coefficient (Wildman–Crippen LogP) is 4.66. The Hall–Kier alpha value is -2.17. The quantitative estimate of drug-likeness (QED) is 0.796. The second kappa shape index (κ2) is 7.90. The average molecular weight is 352 g/mol. The standard InChI is InChI=1S/C17H15Cl2NO3/c1-22-15-4-3-5-16(23-2)12(15)7-9-17(21)20-11-6-8-13(18)14(19)10-11/h3-10H,1-2H3,(H,20,21). The Morgan fingerprint density at radius 1 is 1.04 bits per heavy atom. The first-order valence-electron chi connectivity index (χ1n) is 6.70. The highest BCUT2D eigenvalue weighted by Crippen LogP contribution is 2.29. The average Bonchev–Trinajstić information content (AvgIpc) is 2.55. The molecule has 6 heteroatoms. The lowest BCUT2D eigenvalue weighted by Crippen LogP contribution is -2.07. The summed E-state index contributed by atoms with van der Waals surface area (Å²) in [6, 6.07) is 10.3. The molecule has 0 saturated heterocycles. The van der Waals surface area contributed by atoms with Crippen molar-refractivity contribution in [2.24, 2.45) is 0 Å². The van der Waals surface area contributed by atoms with Gasteiger partial charge >= 0.3 is 0 Å². The van der Waals surface area contributed by atoms with E-state index in [0.29, 0.717) is 32.8 Å². The molecule has 120 valence electrons. The van der Waals surface area contributed by atoms with Gasteiger partial charge in [0.15, 0.2) is 0 Å². The van der Waals surface area contributed by atoms with Crippen molar-refractivity contribution in [1.82, 2.24) is 0 Å². The zero-order valence-corrected chi connectivity index (χ0v) is 14.1. The number of hydrogen-bond acceptors (Lipinski definition) is 3. The predicted molar refractivity (Wildman–Crippen MR) is 93.7 cm³/mol. The van der Waals surface area contributed by atoms with Crippen LogP contribution in [0.4, 0.5) is 5.69 Å². The maximum Gasteiger partial charge on any atom is 0.248 e.